The third kappa shape index (κ3) is 4.29. The third-order valence-corrected chi connectivity index (χ3v) is 4.83. The minimum Gasteiger partial charge on any atom is -0.434 e. The number of carbonyl (C=O) groups is 1. The van der Waals surface area contributed by atoms with Gasteiger partial charge in [0.05, 0.1) is 5.02 Å². The van der Waals surface area contributed by atoms with Crippen LogP contribution in [-0.4, -0.2) is 16.0 Å². The molecule has 146 valence electrons. The first-order valence-corrected chi connectivity index (χ1v) is 9.70. The Bertz CT molecular complexity index is 1090. The molecule has 2 aromatic carbocycles. The van der Waals surface area contributed by atoms with Gasteiger partial charge in [0.1, 0.15) is 5.52 Å². The molecule has 2 N–H and O–H groups in total. The fraction of sp³-hybridized carbons (Fsp3) is 0.250. The molecule has 0 fully saturated rings. The molecule has 1 aromatic heterocycles. The van der Waals surface area contributed by atoms with Gasteiger partial charge in [-0.2, -0.15) is 0 Å². The van der Waals surface area contributed by atoms with Crippen LogP contribution < -0.4 is 10.6 Å². The van der Waals surface area contributed by atoms with Crippen molar-refractivity contribution < 1.29 is 9.21 Å². The zero-order valence-electron chi connectivity index (χ0n) is 15.8. The first-order chi connectivity index (χ1) is 13.1. The molecule has 0 radical (unpaired) electrons. The summed E-state index contributed by atoms with van der Waals surface area (Å²) in [7, 11) is 0. The van der Waals surface area contributed by atoms with Crippen LogP contribution in [0.25, 0.3) is 22.6 Å². The largest absolute Gasteiger partial charge is 0.434 e. The van der Waals surface area contributed by atoms with Crippen molar-refractivity contribution in [3.63, 3.8) is 0 Å². The van der Waals surface area contributed by atoms with Crippen LogP contribution in [0.15, 0.2) is 34.7 Å². The van der Waals surface area contributed by atoms with Crippen molar-refractivity contribution >= 4 is 63.2 Å². The highest BCUT2D eigenvalue weighted by Crippen LogP contribution is 2.34. The molecule has 0 aliphatic heterocycles. The zero-order valence-corrected chi connectivity index (χ0v) is 18.1. The van der Waals surface area contributed by atoms with Crippen LogP contribution in [0, 0.1) is 12.3 Å². The highest BCUT2D eigenvalue weighted by molar-refractivity contribution is 7.80. The minimum absolute atomic E-state index is 0.163. The van der Waals surface area contributed by atoms with Crippen molar-refractivity contribution in [3.05, 3.63) is 45.9 Å². The lowest BCUT2D eigenvalue weighted by atomic mass is 9.96. The fourth-order valence-corrected chi connectivity index (χ4v) is 3.25. The van der Waals surface area contributed by atoms with E-state index in [9.17, 15) is 4.79 Å². The van der Waals surface area contributed by atoms with Gasteiger partial charge >= 0.3 is 0 Å². The second kappa shape index (κ2) is 7.70. The third-order valence-electron chi connectivity index (χ3n) is 4.13. The van der Waals surface area contributed by atoms with Gasteiger partial charge in [0.2, 0.25) is 11.8 Å². The van der Waals surface area contributed by atoms with Gasteiger partial charge in [0.25, 0.3) is 0 Å². The number of benzene rings is 2. The van der Waals surface area contributed by atoms with Crippen LogP contribution in [0.3, 0.4) is 0 Å². The molecule has 8 heteroatoms. The smallest absolute Gasteiger partial charge is 0.231 e. The van der Waals surface area contributed by atoms with E-state index in [1.165, 1.54) is 0 Å². The number of carbonyl (C=O) groups excluding carboxylic acids is 1. The molecule has 0 aliphatic rings. The number of anilines is 1. The Balaban J connectivity index is 1.90. The molecule has 0 atom stereocenters. The molecule has 1 amide bonds. The lowest BCUT2D eigenvalue weighted by Crippen LogP contribution is -2.41. The van der Waals surface area contributed by atoms with Gasteiger partial charge in [-0.15, -0.1) is 0 Å². The Morgan fingerprint density at radius 1 is 1.21 bits per heavy atom. The second-order valence-electron chi connectivity index (χ2n) is 7.39. The molecule has 3 rings (SSSR count). The maximum atomic E-state index is 12.1. The highest BCUT2D eigenvalue weighted by atomic mass is 35.5. The summed E-state index contributed by atoms with van der Waals surface area (Å²) in [4.78, 5) is 16.6. The molecule has 1 heterocycles. The quantitative estimate of drug-likeness (QED) is 0.485. The Kier molecular flexibility index (Phi) is 5.66. The molecule has 28 heavy (non-hydrogen) atoms. The lowest BCUT2D eigenvalue weighted by molar-refractivity contribution is -0.126. The van der Waals surface area contributed by atoms with Crippen molar-refractivity contribution in [3.8, 4) is 11.5 Å². The first-order valence-electron chi connectivity index (χ1n) is 8.54. The van der Waals surface area contributed by atoms with E-state index in [1.807, 2.05) is 45.9 Å². The predicted molar refractivity (Wildman–Crippen MR) is 118 cm³/mol. The van der Waals surface area contributed by atoms with Gasteiger partial charge in [-0.3, -0.25) is 4.79 Å². The number of fused-ring (bicyclic) bond motifs is 1. The lowest BCUT2D eigenvalue weighted by Gasteiger charge is -2.19. The van der Waals surface area contributed by atoms with E-state index in [1.54, 1.807) is 12.1 Å². The van der Waals surface area contributed by atoms with Gasteiger partial charge in [-0.1, -0.05) is 50.0 Å². The van der Waals surface area contributed by atoms with E-state index < -0.39 is 5.41 Å². The maximum Gasteiger partial charge on any atom is 0.231 e. The van der Waals surface area contributed by atoms with E-state index in [4.69, 9.17) is 39.8 Å². The number of thiocarbonyl (C=S) groups is 1. The molecule has 5 nitrogen and oxygen atoms in total. The van der Waals surface area contributed by atoms with Crippen molar-refractivity contribution in [2.75, 3.05) is 5.32 Å². The summed E-state index contributed by atoms with van der Waals surface area (Å²) in [5, 5.41) is 6.88. The summed E-state index contributed by atoms with van der Waals surface area (Å²) >= 11 is 17.5. The summed E-state index contributed by atoms with van der Waals surface area (Å²) < 4.78 is 5.86. The molecule has 0 bridgehead atoms. The number of aromatic nitrogens is 1. The summed E-state index contributed by atoms with van der Waals surface area (Å²) in [6, 6.07) is 8.91. The van der Waals surface area contributed by atoms with E-state index in [0.717, 1.165) is 16.8 Å². The number of hydrogen-bond donors (Lipinski definition) is 2. The minimum atomic E-state index is -0.540. The van der Waals surface area contributed by atoms with Gasteiger partial charge in [-0.05, 0) is 49.0 Å². The molecule has 0 saturated carbocycles. The van der Waals surface area contributed by atoms with E-state index >= 15 is 0 Å². The molecular formula is C20H19Cl2N3O2S. The van der Waals surface area contributed by atoms with Crippen LogP contribution in [-0.2, 0) is 4.79 Å². The fourth-order valence-electron chi connectivity index (χ4n) is 2.52. The van der Waals surface area contributed by atoms with Crippen molar-refractivity contribution in [2.24, 2.45) is 5.41 Å². The topological polar surface area (TPSA) is 67.2 Å². The highest BCUT2D eigenvalue weighted by Gasteiger charge is 2.22. The monoisotopic (exact) mass is 435 g/mol. The van der Waals surface area contributed by atoms with Crippen LogP contribution in [0.2, 0.25) is 10.0 Å². The second-order valence-corrected chi connectivity index (χ2v) is 8.64. The summed E-state index contributed by atoms with van der Waals surface area (Å²) in [6.07, 6.45) is 0. The number of nitrogens with one attached hydrogen (secondary N) is 2. The average Bonchev–Trinajstić information content (AvgIpc) is 2.99. The maximum absolute atomic E-state index is 12.1. The normalized spacial score (nSPS) is 11.5. The zero-order chi connectivity index (χ0) is 20.6. The number of amides is 1. The predicted octanol–water partition coefficient (Wildman–Crippen LogP) is 5.97. The molecule has 0 spiro atoms. The number of oxazole rings is 1. The van der Waals surface area contributed by atoms with E-state index in [-0.39, 0.29) is 11.0 Å². The van der Waals surface area contributed by atoms with E-state index in [0.29, 0.717) is 27.0 Å². The molecular weight excluding hydrogens is 417 g/mol. The number of rotatable bonds is 2. The average molecular weight is 436 g/mol. The summed E-state index contributed by atoms with van der Waals surface area (Å²) in [5.74, 6) is 0.259. The number of halogens is 2. The van der Waals surface area contributed by atoms with Gasteiger partial charge in [-0.25, -0.2) is 4.98 Å². The Labute approximate surface area is 178 Å². The van der Waals surface area contributed by atoms with Crippen molar-refractivity contribution in [1.29, 1.82) is 0 Å². The SMILES string of the molecule is Cc1c(NC(=S)NC(=O)C(C)(C)C)cccc1-c1nc2cc(Cl)cc(Cl)c2o1. The molecule has 0 aliphatic carbocycles. The first kappa shape index (κ1) is 20.6. The van der Waals surface area contributed by atoms with Gasteiger partial charge in [0, 0.05) is 21.7 Å². The van der Waals surface area contributed by atoms with Crippen LogP contribution in [0.1, 0.15) is 26.3 Å². The van der Waals surface area contributed by atoms with E-state index in [2.05, 4.69) is 15.6 Å². The van der Waals surface area contributed by atoms with Gasteiger partial charge in [0.15, 0.2) is 10.7 Å². The molecule has 0 saturated heterocycles. The summed E-state index contributed by atoms with van der Waals surface area (Å²) in [6.45, 7) is 7.37. The molecule has 0 unspecified atom stereocenters. The van der Waals surface area contributed by atoms with Crippen LogP contribution in [0.4, 0.5) is 5.69 Å². The number of nitrogens with zero attached hydrogens (tertiary/aromatic N) is 1. The Morgan fingerprint density at radius 2 is 1.93 bits per heavy atom. The Morgan fingerprint density at radius 3 is 2.61 bits per heavy atom. The van der Waals surface area contributed by atoms with Gasteiger partial charge < -0.3 is 15.1 Å². The standard InChI is InChI=1S/C20H19Cl2N3O2S/c1-10-12(17-23-15-9-11(21)8-13(22)16(15)27-17)6-5-7-14(10)24-19(28)25-18(26)20(2,3)4/h5-9H,1-4H3,(H2,24,25,26,28). The Hall–Kier alpha value is -2.15. The van der Waals surface area contributed by atoms with Crippen LogP contribution >= 0.6 is 35.4 Å². The van der Waals surface area contributed by atoms with Crippen molar-refractivity contribution in [2.45, 2.75) is 27.7 Å². The number of hydrogen-bond acceptors (Lipinski definition) is 4. The molecule has 3 aromatic rings. The van der Waals surface area contributed by atoms with Crippen LogP contribution in [0.5, 0.6) is 0 Å². The van der Waals surface area contributed by atoms with Crippen molar-refractivity contribution in [1.82, 2.24) is 10.3 Å². The summed E-state index contributed by atoms with van der Waals surface area (Å²) in [5.41, 5.74) is 2.90.